The highest BCUT2D eigenvalue weighted by Gasteiger charge is 2.23. The largest absolute Gasteiger partial charge is 0.507 e. The average molecular weight is 300 g/mol. The van der Waals surface area contributed by atoms with Gasteiger partial charge in [0.15, 0.2) is 0 Å². The molecule has 23 heavy (non-hydrogen) atoms. The topological polar surface area (TPSA) is 40.5 Å². The van der Waals surface area contributed by atoms with Crippen LogP contribution in [0.25, 0.3) is 22.4 Å². The Kier molecular flexibility index (Phi) is 3.07. The lowest BCUT2D eigenvalue weighted by Crippen LogP contribution is -2.36. The van der Waals surface area contributed by atoms with Gasteiger partial charge in [-0.05, 0) is 38.9 Å². The minimum atomic E-state index is -0.832. The van der Waals surface area contributed by atoms with Gasteiger partial charge in [-0.1, -0.05) is 61.2 Å². The van der Waals surface area contributed by atoms with E-state index in [1.165, 1.54) is 0 Å². The van der Waals surface area contributed by atoms with Crippen LogP contribution >= 0.6 is 0 Å². The molecule has 2 heteroatoms. The molecule has 0 saturated heterocycles. The van der Waals surface area contributed by atoms with Gasteiger partial charge in [0.2, 0.25) is 0 Å². The summed E-state index contributed by atoms with van der Waals surface area (Å²) >= 11 is 0. The van der Waals surface area contributed by atoms with E-state index in [0.29, 0.717) is 16.7 Å². The van der Waals surface area contributed by atoms with Crippen molar-refractivity contribution in [2.24, 2.45) is 0 Å². The molecule has 0 amide bonds. The first kappa shape index (κ1) is 13.8. The van der Waals surface area contributed by atoms with Crippen LogP contribution in [0, 0.1) is 0 Å². The number of phenolic OH excluding ortho intramolecular Hbond substituents is 1. The first-order valence-electron chi connectivity index (χ1n) is 7.56. The van der Waals surface area contributed by atoms with E-state index in [1.807, 2.05) is 60.7 Å². The SMILES string of the molecule is C=C1C=c2ccccc2=C(c2c(O)ccc3ccccc23)C1O. The van der Waals surface area contributed by atoms with Crippen molar-refractivity contribution in [1.29, 1.82) is 0 Å². The molecule has 2 nitrogen and oxygen atoms in total. The van der Waals surface area contributed by atoms with E-state index < -0.39 is 6.10 Å². The quantitative estimate of drug-likeness (QED) is 0.725. The number of aliphatic hydroxyl groups is 1. The fraction of sp³-hybridized carbons (Fsp3) is 0.0476. The van der Waals surface area contributed by atoms with Gasteiger partial charge in [-0.25, -0.2) is 0 Å². The summed E-state index contributed by atoms with van der Waals surface area (Å²) in [6.45, 7) is 3.97. The molecular formula is C21H16O2. The van der Waals surface area contributed by atoms with Crippen LogP contribution in [0.4, 0.5) is 0 Å². The van der Waals surface area contributed by atoms with Gasteiger partial charge in [-0.15, -0.1) is 0 Å². The van der Waals surface area contributed by atoms with E-state index in [-0.39, 0.29) is 5.75 Å². The number of hydrogen-bond acceptors (Lipinski definition) is 2. The molecule has 2 N–H and O–H groups in total. The minimum Gasteiger partial charge on any atom is -0.507 e. The Hall–Kier alpha value is -2.84. The number of hydrogen-bond donors (Lipinski definition) is 2. The number of rotatable bonds is 1. The first-order valence-corrected chi connectivity index (χ1v) is 7.56. The van der Waals surface area contributed by atoms with Crippen LogP contribution in [-0.4, -0.2) is 16.3 Å². The summed E-state index contributed by atoms with van der Waals surface area (Å²) in [7, 11) is 0. The maximum atomic E-state index is 10.7. The lowest BCUT2D eigenvalue weighted by molar-refractivity contribution is 0.272. The smallest absolute Gasteiger partial charge is 0.123 e. The molecule has 3 aromatic carbocycles. The summed E-state index contributed by atoms with van der Waals surface area (Å²) in [5, 5.41) is 25.1. The molecule has 0 bridgehead atoms. The van der Waals surface area contributed by atoms with Crippen LogP contribution in [0.1, 0.15) is 5.56 Å². The molecule has 0 aliphatic heterocycles. The predicted molar refractivity (Wildman–Crippen MR) is 93.4 cm³/mol. The molecule has 1 aliphatic carbocycles. The van der Waals surface area contributed by atoms with Crippen molar-refractivity contribution in [1.82, 2.24) is 0 Å². The van der Waals surface area contributed by atoms with E-state index >= 15 is 0 Å². The van der Waals surface area contributed by atoms with Crippen molar-refractivity contribution in [3.63, 3.8) is 0 Å². The second-order valence-electron chi connectivity index (χ2n) is 5.80. The fourth-order valence-corrected chi connectivity index (χ4v) is 3.29. The molecule has 0 heterocycles. The molecule has 0 fully saturated rings. The van der Waals surface area contributed by atoms with Crippen molar-refractivity contribution < 1.29 is 10.2 Å². The highest BCUT2D eigenvalue weighted by atomic mass is 16.3. The lowest BCUT2D eigenvalue weighted by Gasteiger charge is -2.22. The van der Waals surface area contributed by atoms with Crippen molar-refractivity contribution in [3.05, 3.63) is 88.8 Å². The molecule has 3 aromatic rings. The molecule has 4 rings (SSSR count). The molecule has 0 radical (unpaired) electrons. The fourth-order valence-electron chi connectivity index (χ4n) is 3.29. The Morgan fingerprint density at radius 3 is 2.48 bits per heavy atom. The number of fused-ring (bicyclic) bond motifs is 2. The summed E-state index contributed by atoms with van der Waals surface area (Å²) in [4.78, 5) is 0. The Bertz CT molecular complexity index is 1060. The second-order valence-corrected chi connectivity index (χ2v) is 5.80. The third-order valence-electron chi connectivity index (χ3n) is 4.39. The summed E-state index contributed by atoms with van der Waals surface area (Å²) in [6.07, 6.45) is 1.06. The summed E-state index contributed by atoms with van der Waals surface area (Å²) < 4.78 is 0. The molecule has 112 valence electrons. The highest BCUT2D eigenvalue weighted by molar-refractivity contribution is 5.98. The molecule has 0 saturated carbocycles. The Labute approximate surface area is 134 Å². The molecule has 1 atom stereocenters. The van der Waals surface area contributed by atoms with Gasteiger partial charge < -0.3 is 10.2 Å². The standard InChI is InChI=1S/C21H16O2/c1-13-12-15-7-3-5-9-17(15)20(21(13)23)19-16-8-4-2-6-14(16)10-11-18(19)22/h2-12,21-23H,1H2. The number of benzene rings is 3. The normalized spacial score (nSPS) is 17.0. The van der Waals surface area contributed by atoms with E-state index in [1.54, 1.807) is 6.07 Å². The van der Waals surface area contributed by atoms with Crippen LogP contribution in [0.5, 0.6) is 5.75 Å². The maximum absolute atomic E-state index is 10.7. The monoisotopic (exact) mass is 300 g/mol. The maximum Gasteiger partial charge on any atom is 0.123 e. The second kappa shape index (κ2) is 5.11. The zero-order valence-corrected chi connectivity index (χ0v) is 12.5. The number of aromatic hydroxyl groups is 1. The molecule has 1 unspecified atom stereocenters. The van der Waals surface area contributed by atoms with Crippen LogP contribution in [0.2, 0.25) is 0 Å². The summed E-state index contributed by atoms with van der Waals surface area (Å²) in [6, 6.07) is 19.3. The average Bonchev–Trinajstić information content (AvgIpc) is 2.57. The predicted octanol–water partition coefficient (Wildman–Crippen LogP) is 2.46. The van der Waals surface area contributed by atoms with E-state index in [4.69, 9.17) is 0 Å². The van der Waals surface area contributed by atoms with Crippen molar-refractivity contribution in [3.8, 4) is 5.75 Å². The zero-order valence-electron chi connectivity index (χ0n) is 12.5. The van der Waals surface area contributed by atoms with Crippen LogP contribution in [-0.2, 0) is 0 Å². The van der Waals surface area contributed by atoms with Gasteiger partial charge in [0, 0.05) is 11.1 Å². The summed E-state index contributed by atoms with van der Waals surface area (Å²) in [5.41, 5.74) is 2.02. The van der Waals surface area contributed by atoms with Crippen LogP contribution < -0.4 is 10.4 Å². The molecule has 0 aromatic heterocycles. The molecule has 0 spiro atoms. The Morgan fingerprint density at radius 1 is 0.870 bits per heavy atom. The van der Waals surface area contributed by atoms with Crippen LogP contribution in [0.3, 0.4) is 0 Å². The van der Waals surface area contributed by atoms with Gasteiger partial charge in [0.1, 0.15) is 11.9 Å². The van der Waals surface area contributed by atoms with E-state index in [9.17, 15) is 10.2 Å². The van der Waals surface area contributed by atoms with Crippen molar-refractivity contribution in [2.75, 3.05) is 0 Å². The third-order valence-corrected chi connectivity index (χ3v) is 4.39. The zero-order chi connectivity index (χ0) is 16.0. The van der Waals surface area contributed by atoms with Crippen molar-refractivity contribution >= 4 is 22.4 Å². The van der Waals surface area contributed by atoms with Gasteiger partial charge >= 0.3 is 0 Å². The molecule has 1 aliphatic rings. The van der Waals surface area contributed by atoms with E-state index in [2.05, 4.69) is 6.58 Å². The van der Waals surface area contributed by atoms with Crippen LogP contribution in [0.15, 0.2) is 72.8 Å². The van der Waals surface area contributed by atoms with Gasteiger partial charge in [-0.3, -0.25) is 0 Å². The highest BCUT2D eigenvalue weighted by Crippen LogP contribution is 2.35. The molecular weight excluding hydrogens is 284 g/mol. The Morgan fingerprint density at radius 2 is 1.61 bits per heavy atom. The van der Waals surface area contributed by atoms with Gasteiger partial charge in [0.25, 0.3) is 0 Å². The van der Waals surface area contributed by atoms with Gasteiger partial charge in [0.05, 0.1) is 0 Å². The Balaban J connectivity index is 2.22. The van der Waals surface area contributed by atoms with Gasteiger partial charge in [-0.2, -0.15) is 0 Å². The minimum absolute atomic E-state index is 0.169. The first-order chi connectivity index (χ1) is 11.2. The summed E-state index contributed by atoms with van der Waals surface area (Å²) in [5.74, 6) is 0.169. The number of phenols is 1. The van der Waals surface area contributed by atoms with Crippen molar-refractivity contribution in [2.45, 2.75) is 6.10 Å². The van der Waals surface area contributed by atoms with E-state index in [0.717, 1.165) is 21.2 Å². The number of aliphatic hydroxyl groups excluding tert-OH is 1. The lowest BCUT2D eigenvalue weighted by atomic mass is 9.86. The third kappa shape index (κ3) is 2.07.